The number of nitrogens with zero attached hydrogens (tertiary/aromatic N) is 2. The Bertz CT molecular complexity index is 888. The van der Waals surface area contributed by atoms with E-state index in [0.29, 0.717) is 17.5 Å². The minimum atomic E-state index is -0.285. The fourth-order valence-electron chi connectivity index (χ4n) is 2.59. The quantitative estimate of drug-likeness (QED) is 0.741. The molecule has 0 aliphatic rings. The van der Waals surface area contributed by atoms with Crippen LogP contribution in [-0.4, -0.2) is 23.3 Å². The van der Waals surface area contributed by atoms with Gasteiger partial charge in [-0.2, -0.15) is 0 Å². The maximum absolute atomic E-state index is 13.1. The normalized spacial score (nSPS) is 12.5. The molecule has 0 fully saturated rings. The summed E-state index contributed by atoms with van der Waals surface area (Å²) in [4.78, 5) is 17.0. The molecule has 1 heterocycles. The summed E-state index contributed by atoms with van der Waals surface area (Å²) in [6.07, 6.45) is 1.55. The van der Waals surface area contributed by atoms with Crippen molar-refractivity contribution in [1.29, 1.82) is 0 Å². The van der Waals surface area contributed by atoms with Crippen molar-refractivity contribution in [3.63, 3.8) is 0 Å². The van der Waals surface area contributed by atoms with Gasteiger partial charge in [-0.15, -0.1) is 0 Å². The van der Waals surface area contributed by atoms with E-state index in [1.54, 1.807) is 42.3 Å². The van der Waals surface area contributed by atoms with Crippen molar-refractivity contribution in [2.45, 2.75) is 13.0 Å². The van der Waals surface area contributed by atoms with Gasteiger partial charge >= 0.3 is 0 Å². The molecule has 0 unspecified atom stereocenters. The van der Waals surface area contributed by atoms with Crippen LogP contribution < -0.4 is 5.56 Å². The van der Waals surface area contributed by atoms with E-state index >= 15 is 0 Å². The first-order valence-electron chi connectivity index (χ1n) is 7.36. The molecule has 0 bridgehead atoms. The molecule has 0 amide bonds. The van der Waals surface area contributed by atoms with Gasteiger partial charge in [-0.3, -0.25) is 9.36 Å². The molecule has 0 N–H and O–H groups in total. The molecular formula is C18H17FN2O2. The van der Waals surface area contributed by atoms with Crippen LogP contribution in [0.25, 0.3) is 22.0 Å². The molecule has 0 saturated carbocycles. The standard InChI is InChI=1S/C18H17FN2O2/c1-12(10-23-2)21-11-20-17-8-5-14(9-16(17)18(21)22)13-3-6-15(19)7-4-13/h3-9,11-12H,10H2,1-2H3/t12-/m0/s1. The Labute approximate surface area is 133 Å². The Hall–Kier alpha value is -2.53. The minimum absolute atomic E-state index is 0.0983. The number of ether oxygens (including phenoxy) is 1. The van der Waals surface area contributed by atoms with Crippen LogP contribution in [0.5, 0.6) is 0 Å². The lowest BCUT2D eigenvalue weighted by atomic mass is 10.0. The SMILES string of the molecule is COC[C@H](C)n1cnc2ccc(-c3ccc(F)cc3)cc2c1=O. The number of aromatic nitrogens is 2. The average Bonchev–Trinajstić information content (AvgIpc) is 2.56. The minimum Gasteiger partial charge on any atom is -0.383 e. The summed E-state index contributed by atoms with van der Waals surface area (Å²) in [7, 11) is 1.60. The van der Waals surface area contributed by atoms with Crippen molar-refractivity contribution in [3.8, 4) is 11.1 Å². The number of rotatable bonds is 4. The van der Waals surface area contributed by atoms with Crippen molar-refractivity contribution in [2.75, 3.05) is 13.7 Å². The van der Waals surface area contributed by atoms with Gasteiger partial charge in [0.05, 0.1) is 29.9 Å². The van der Waals surface area contributed by atoms with Gasteiger partial charge in [0, 0.05) is 7.11 Å². The highest BCUT2D eigenvalue weighted by atomic mass is 19.1. The zero-order valence-corrected chi connectivity index (χ0v) is 13.0. The summed E-state index contributed by atoms with van der Waals surface area (Å²) in [6, 6.07) is 11.6. The lowest BCUT2D eigenvalue weighted by Gasteiger charge is -2.14. The van der Waals surface area contributed by atoms with Crippen LogP contribution in [0.1, 0.15) is 13.0 Å². The van der Waals surface area contributed by atoms with Gasteiger partial charge < -0.3 is 4.74 Å². The van der Waals surface area contributed by atoms with E-state index in [1.165, 1.54) is 12.1 Å². The highest BCUT2D eigenvalue weighted by Crippen LogP contribution is 2.22. The number of benzene rings is 2. The molecule has 0 aliphatic carbocycles. The van der Waals surface area contributed by atoms with Gasteiger partial charge in [0.2, 0.25) is 0 Å². The molecule has 0 radical (unpaired) electrons. The van der Waals surface area contributed by atoms with Crippen LogP contribution in [0.4, 0.5) is 4.39 Å². The van der Waals surface area contributed by atoms with Crippen molar-refractivity contribution >= 4 is 10.9 Å². The third-order valence-electron chi connectivity index (χ3n) is 3.84. The number of hydrogen-bond donors (Lipinski definition) is 0. The molecule has 23 heavy (non-hydrogen) atoms. The molecule has 3 aromatic rings. The van der Waals surface area contributed by atoms with Crippen LogP contribution in [0.15, 0.2) is 53.6 Å². The molecule has 0 spiro atoms. The zero-order valence-electron chi connectivity index (χ0n) is 13.0. The van der Waals surface area contributed by atoms with Crippen molar-refractivity contribution in [2.24, 2.45) is 0 Å². The molecule has 1 atom stereocenters. The van der Waals surface area contributed by atoms with Gasteiger partial charge in [0.25, 0.3) is 5.56 Å². The number of fused-ring (bicyclic) bond motifs is 1. The first kappa shape index (κ1) is 15.4. The summed E-state index contributed by atoms with van der Waals surface area (Å²) in [5.74, 6) is -0.285. The van der Waals surface area contributed by atoms with Crippen LogP contribution in [0.2, 0.25) is 0 Å². The summed E-state index contributed by atoms with van der Waals surface area (Å²) in [5, 5.41) is 0.539. The molecule has 5 heteroatoms. The number of halogens is 1. The largest absolute Gasteiger partial charge is 0.383 e. The van der Waals surface area contributed by atoms with Gasteiger partial charge in [-0.25, -0.2) is 9.37 Å². The molecule has 0 aliphatic heterocycles. The monoisotopic (exact) mass is 312 g/mol. The fraction of sp³-hybridized carbons (Fsp3) is 0.222. The molecule has 3 rings (SSSR count). The zero-order chi connectivity index (χ0) is 16.4. The average molecular weight is 312 g/mol. The Balaban J connectivity index is 2.12. The summed E-state index contributed by atoms with van der Waals surface area (Å²) in [6.45, 7) is 2.34. The van der Waals surface area contributed by atoms with Crippen molar-refractivity contribution < 1.29 is 9.13 Å². The van der Waals surface area contributed by atoms with E-state index in [1.807, 2.05) is 13.0 Å². The van der Waals surface area contributed by atoms with E-state index in [9.17, 15) is 9.18 Å². The molecule has 1 aromatic heterocycles. The van der Waals surface area contributed by atoms with Crippen molar-refractivity contribution in [3.05, 3.63) is 65.0 Å². The van der Waals surface area contributed by atoms with Crippen molar-refractivity contribution in [1.82, 2.24) is 9.55 Å². The topological polar surface area (TPSA) is 44.1 Å². The maximum atomic E-state index is 13.1. The third kappa shape index (κ3) is 3.00. The van der Waals surface area contributed by atoms with Gasteiger partial charge in [-0.1, -0.05) is 18.2 Å². The maximum Gasteiger partial charge on any atom is 0.261 e. The van der Waals surface area contributed by atoms with Crippen LogP contribution in [-0.2, 0) is 4.74 Å². The van der Waals surface area contributed by atoms with Crippen LogP contribution in [0, 0.1) is 5.82 Å². The van der Waals surface area contributed by atoms with E-state index in [4.69, 9.17) is 4.74 Å². The summed E-state index contributed by atoms with van der Waals surface area (Å²) < 4.78 is 19.7. The first-order chi connectivity index (χ1) is 11.1. The van der Waals surface area contributed by atoms with Gasteiger partial charge in [0.15, 0.2) is 0 Å². The third-order valence-corrected chi connectivity index (χ3v) is 3.84. The Morgan fingerprint density at radius 3 is 2.57 bits per heavy atom. The Kier molecular flexibility index (Phi) is 4.21. The van der Waals surface area contributed by atoms with E-state index in [0.717, 1.165) is 11.1 Å². The van der Waals surface area contributed by atoms with Gasteiger partial charge in [0.1, 0.15) is 5.82 Å². The smallest absolute Gasteiger partial charge is 0.261 e. The predicted octanol–water partition coefficient (Wildman–Crippen LogP) is 3.41. The van der Waals surface area contributed by atoms with E-state index < -0.39 is 0 Å². The second-order valence-electron chi connectivity index (χ2n) is 5.50. The van der Waals surface area contributed by atoms with Gasteiger partial charge in [-0.05, 0) is 42.3 Å². The number of hydrogen-bond acceptors (Lipinski definition) is 3. The molecule has 118 valence electrons. The lowest BCUT2D eigenvalue weighted by Crippen LogP contribution is -2.26. The highest BCUT2D eigenvalue weighted by molar-refractivity contribution is 5.83. The molecule has 2 aromatic carbocycles. The summed E-state index contributed by atoms with van der Waals surface area (Å²) in [5.41, 5.74) is 2.24. The van der Waals surface area contributed by atoms with Crippen LogP contribution >= 0.6 is 0 Å². The first-order valence-corrected chi connectivity index (χ1v) is 7.36. The van der Waals surface area contributed by atoms with E-state index in [-0.39, 0.29) is 17.4 Å². The second kappa shape index (κ2) is 6.30. The summed E-state index contributed by atoms with van der Waals surface area (Å²) >= 11 is 0. The predicted molar refractivity (Wildman–Crippen MR) is 88.0 cm³/mol. The fourth-order valence-corrected chi connectivity index (χ4v) is 2.59. The molecule has 0 saturated heterocycles. The Morgan fingerprint density at radius 2 is 1.87 bits per heavy atom. The second-order valence-corrected chi connectivity index (χ2v) is 5.50. The highest BCUT2D eigenvalue weighted by Gasteiger charge is 2.11. The molecule has 4 nitrogen and oxygen atoms in total. The Morgan fingerprint density at radius 1 is 1.17 bits per heavy atom. The van der Waals surface area contributed by atoms with Crippen LogP contribution in [0.3, 0.4) is 0 Å². The lowest BCUT2D eigenvalue weighted by molar-refractivity contribution is 0.160. The van der Waals surface area contributed by atoms with E-state index in [2.05, 4.69) is 4.98 Å². The molecular weight excluding hydrogens is 295 g/mol. The number of methoxy groups -OCH3 is 1.